The van der Waals surface area contributed by atoms with E-state index in [2.05, 4.69) is 45.9 Å². The first kappa shape index (κ1) is 39.5. The predicted molar refractivity (Wildman–Crippen MR) is 169 cm³/mol. The lowest BCUT2D eigenvalue weighted by atomic mass is 10.1. The SMILES string of the molecule is C=CC(=C)C(F)(F)F.C=CC=C.NS(=O)(=O)NCCN=C(NSc1ccc(C(F)(F)F)cc1)N1CCC(c2ccc(Cl)cc2)=N1. The molecule has 1 aliphatic heterocycles. The standard InChI is InChI=1S/C19H20ClF3N6O2S2.C5H5F3.C4H6/c20-15-5-1-13(2-6-15)17-9-12-29(27-17)18(25-10-11-26-33(24,30)31)28-32-16-7-3-14(4-8-16)19(21,22)23;1-3-4(2)5(6,7)8;1-3-4-2/h1-8,26H,9-12H2,(H,25,28)(H2,24,30,31);3H,1-2H2;3-4H,1-2H2. The Bertz CT molecular complexity index is 1450. The predicted octanol–water partition coefficient (Wildman–Crippen LogP) is 6.86. The molecule has 0 aromatic heterocycles. The lowest BCUT2D eigenvalue weighted by molar-refractivity contribution is -0.137. The highest BCUT2D eigenvalue weighted by molar-refractivity contribution is 7.98. The molecule has 0 radical (unpaired) electrons. The molecule has 3 rings (SSSR count). The van der Waals surface area contributed by atoms with Gasteiger partial charge in [-0.25, -0.2) is 19.9 Å². The third kappa shape index (κ3) is 15.8. The van der Waals surface area contributed by atoms with Gasteiger partial charge in [0.2, 0.25) is 5.96 Å². The molecule has 45 heavy (non-hydrogen) atoms. The molecule has 0 saturated heterocycles. The third-order valence-corrected chi connectivity index (χ3v) is 6.77. The molecule has 0 aliphatic carbocycles. The topological polar surface area (TPSA) is 112 Å². The van der Waals surface area contributed by atoms with Gasteiger partial charge in [-0.2, -0.15) is 39.9 Å². The Hall–Kier alpha value is -3.57. The van der Waals surface area contributed by atoms with E-state index in [-0.39, 0.29) is 13.1 Å². The number of hydrazone groups is 1. The largest absolute Gasteiger partial charge is 0.416 e. The minimum absolute atomic E-state index is 0.0312. The Morgan fingerprint density at radius 2 is 1.62 bits per heavy atom. The van der Waals surface area contributed by atoms with Gasteiger partial charge in [-0.3, -0.25) is 4.72 Å². The minimum atomic E-state index is -4.41. The fraction of sp³-hybridized carbons (Fsp3) is 0.214. The molecular formula is C28H31ClF6N6O2S2. The molecule has 8 nitrogen and oxygen atoms in total. The molecule has 246 valence electrons. The van der Waals surface area contributed by atoms with Crippen molar-refractivity contribution in [2.45, 2.75) is 23.7 Å². The molecule has 0 spiro atoms. The van der Waals surface area contributed by atoms with Crippen molar-refractivity contribution in [1.82, 2.24) is 14.5 Å². The lowest BCUT2D eigenvalue weighted by Gasteiger charge is -2.17. The summed E-state index contributed by atoms with van der Waals surface area (Å²) in [4.78, 5) is 4.87. The average molecular weight is 697 g/mol. The van der Waals surface area contributed by atoms with Crippen LogP contribution in [0.3, 0.4) is 0 Å². The van der Waals surface area contributed by atoms with Crippen LogP contribution in [-0.4, -0.2) is 50.9 Å². The maximum atomic E-state index is 12.8. The third-order valence-electron chi connectivity index (χ3n) is 5.12. The molecule has 2 aromatic carbocycles. The number of aliphatic imine (C=N–C) groups is 1. The number of nitrogens with zero attached hydrogens (tertiary/aromatic N) is 3. The van der Waals surface area contributed by atoms with Gasteiger partial charge in [-0.15, -0.1) is 0 Å². The Kier molecular flexibility index (Phi) is 16.1. The van der Waals surface area contributed by atoms with Crippen molar-refractivity contribution in [2.24, 2.45) is 15.2 Å². The van der Waals surface area contributed by atoms with E-state index < -0.39 is 33.7 Å². The summed E-state index contributed by atoms with van der Waals surface area (Å²) in [6, 6.07) is 11.9. The zero-order valence-corrected chi connectivity index (χ0v) is 26.1. The molecule has 1 aliphatic rings. The fourth-order valence-corrected chi connectivity index (χ4v) is 4.06. The van der Waals surface area contributed by atoms with Crippen LogP contribution in [0.5, 0.6) is 0 Å². The second-order valence-corrected chi connectivity index (χ2v) is 11.2. The highest BCUT2D eigenvalue weighted by atomic mass is 35.5. The molecule has 0 fully saturated rings. The zero-order valence-electron chi connectivity index (χ0n) is 23.7. The quantitative estimate of drug-likeness (QED) is 0.0662. The van der Waals surface area contributed by atoms with Gasteiger partial charge in [0.1, 0.15) is 0 Å². The number of nitrogens with two attached hydrogens (primary N) is 1. The molecule has 0 unspecified atom stereocenters. The van der Waals surface area contributed by atoms with Crippen LogP contribution in [0.1, 0.15) is 17.5 Å². The van der Waals surface area contributed by atoms with Gasteiger partial charge >= 0.3 is 12.4 Å². The van der Waals surface area contributed by atoms with Crippen LogP contribution >= 0.6 is 23.5 Å². The second kappa shape index (κ2) is 18.4. The lowest BCUT2D eigenvalue weighted by Crippen LogP contribution is -2.36. The van der Waals surface area contributed by atoms with E-state index in [9.17, 15) is 34.8 Å². The number of hydrogen-bond acceptors (Lipinski definition) is 5. The molecule has 0 atom stereocenters. The van der Waals surface area contributed by atoms with Crippen molar-refractivity contribution in [3.8, 4) is 0 Å². The minimum Gasteiger partial charge on any atom is -0.295 e. The first-order chi connectivity index (χ1) is 20.9. The summed E-state index contributed by atoms with van der Waals surface area (Å²) in [6.07, 6.45) is -4.13. The van der Waals surface area contributed by atoms with Crippen LogP contribution in [0.25, 0.3) is 0 Å². The second-order valence-electron chi connectivity index (χ2n) is 8.50. The number of benzene rings is 2. The van der Waals surface area contributed by atoms with Crippen molar-refractivity contribution in [3.05, 3.63) is 115 Å². The number of halogens is 7. The maximum Gasteiger partial charge on any atom is 0.416 e. The van der Waals surface area contributed by atoms with Crippen LogP contribution < -0.4 is 14.6 Å². The Morgan fingerprint density at radius 1 is 1.04 bits per heavy atom. The number of guanidine groups is 1. The van der Waals surface area contributed by atoms with E-state index >= 15 is 0 Å². The van der Waals surface area contributed by atoms with Crippen molar-refractivity contribution in [1.29, 1.82) is 0 Å². The smallest absolute Gasteiger partial charge is 0.295 e. The highest BCUT2D eigenvalue weighted by Crippen LogP contribution is 2.30. The van der Waals surface area contributed by atoms with Gasteiger partial charge in [-0.05, 0) is 53.9 Å². The molecule has 0 bridgehead atoms. The van der Waals surface area contributed by atoms with E-state index in [1.54, 1.807) is 29.3 Å². The van der Waals surface area contributed by atoms with Gasteiger partial charge in [0.25, 0.3) is 10.2 Å². The summed E-state index contributed by atoms with van der Waals surface area (Å²) in [6.45, 7) is 12.9. The Balaban J connectivity index is 0.000000715. The molecule has 0 amide bonds. The highest BCUT2D eigenvalue weighted by Gasteiger charge is 2.30. The number of allylic oxidation sites excluding steroid dienone is 4. The van der Waals surface area contributed by atoms with Crippen LogP contribution in [-0.2, 0) is 16.4 Å². The number of hydrogen-bond donors (Lipinski definition) is 3. The van der Waals surface area contributed by atoms with Crippen LogP contribution in [0.2, 0.25) is 5.02 Å². The maximum absolute atomic E-state index is 12.8. The van der Waals surface area contributed by atoms with Crippen molar-refractivity contribution in [2.75, 3.05) is 19.6 Å². The summed E-state index contributed by atoms with van der Waals surface area (Å²) in [5.74, 6) is 0.320. The van der Waals surface area contributed by atoms with E-state index in [1.165, 1.54) is 12.1 Å². The van der Waals surface area contributed by atoms with Gasteiger partial charge in [0, 0.05) is 28.5 Å². The number of rotatable bonds is 9. The normalized spacial score (nSPS) is 13.4. The zero-order chi connectivity index (χ0) is 34.3. The van der Waals surface area contributed by atoms with Gasteiger partial charge in [-0.1, -0.05) is 68.3 Å². The first-order valence-corrected chi connectivity index (χ1v) is 15.3. The number of nitrogens with one attached hydrogen (secondary N) is 2. The Labute approximate surface area is 267 Å². The van der Waals surface area contributed by atoms with Crippen LogP contribution in [0, 0.1) is 0 Å². The molecule has 2 aromatic rings. The summed E-state index contributed by atoms with van der Waals surface area (Å²) >= 11 is 6.99. The van der Waals surface area contributed by atoms with Gasteiger partial charge in [0.15, 0.2) is 0 Å². The molecule has 1 heterocycles. The Morgan fingerprint density at radius 3 is 2.07 bits per heavy atom. The monoisotopic (exact) mass is 696 g/mol. The summed E-state index contributed by atoms with van der Waals surface area (Å²) < 4.78 is 99.3. The summed E-state index contributed by atoms with van der Waals surface area (Å²) in [7, 11) is -3.85. The molecule has 0 saturated carbocycles. The van der Waals surface area contributed by atoms with Gasteiger partial charge in [0.05, 0.1) is 24.4 Å². The van der Waals surface area contributed by atoms with Crippen molar-refractivity contribution < 1.29 is 34.8 Å². The van der Waals surface area contributed by atoms with E-state index in [0.29, 0.717) is 34.9 Å². The average Bonchev–Trinajstić information content (AvgIpc) is 3.46. The van der Waals surface area contributed by atoms with Crippen LogP contribution in [0.4, 0.5) is 26.3 Å². The molecular weight excluding hydrogens is 666 g/mol. The fourth-order valence-electron chi connectivity index (χ4n) is 2.90. The summed E-state index contributed by atoms with van der Waals surface area (Å²) in [5, 5.41) is 11.7. The summed E-state index contributed by atoms with van der Waals surface area (Å²) in [5.41, 5.74) is 0.0555. The van der Waals surface area contributed by atoms with E-state index in [1.807, 2.05) is 12.1 Å². The molecule has 4 N–H and O–H groups in total. The van der Waals surface area contributed by atoms with Crippen LogP contribution in [0.15, 0.2) is 114 Å². The first-order valence-electron chi connectivity index (χ1n) is 12.6. The van der Waals surface area contributed by atoms with Crippen molar-refractivity contribution in [3.63, 3.8) is 0 Å². The van der Waals surface area contributed by atoms with Gasteiger partial charge < -0.3 is 0 Å². The van der Waals surface area contributed by atoms with E-state index in [4.69, 9.17) is 16.7 Å². The van der Waals surface area contributed by atoms with Crippen molar-refractivity contribution >= 4 is 45.4 Å². The molecule has 17 heteroatoms. The van der Waals surface area contributed by atoms with E-state index in [0.717, 1.165) is 35.4 Å². The number of alkyl halides is 6.